The second kappa shape index (κ2) is 6.25. The van der Waals surface area contributed by atoms with E-state index in [1.807, 2.05) is 24.8 Å². The topological polar surface area (TPSA) is 20.2 Å². The maximum atomic E-state index is 10.3. The van der Waals surface area contributed by atoms with Gasteiger partial charge < -0.3 is 5.11 Å². The van der Waals surface area contributed by atoms with E-state index >= 15 is 0 Å². The van der Waals surface area contributed by atoms with Crippen LogP contribution in [0.15, 0.2) is 65.6 Å². The largest absolute Gasteiger partial charge is 0.392 e. The SMILES string of the molecule is CC(O)C1(Sc2ccccc2)CC1CCc1ccccc1. The first-order chi connectivity index (χ1) is 10.2. The van der Waals surface area contributed by atoms with Gasteiger partial charge >= 0.3 is 0 Å². The van der Waals surface area contributed by atoms with Gasteiger partial charge in [-0.05, 0) is 49.8 Å². The standard InChI is InChI=1S/C19H22OS/c1-15(20)19(21-18-10-6-3-7-11-18)14-17(19)13-12-16-8-4-2-5-9-16/h2-11,15,17,20H,12-14H2,1H3. The first-order valence-corrected chi connectivity index (χ1v) is 8.48. The van der Waals surface area contributed by atoms with Gasteiger partial charge in [0.15, 0.2) is 0 Å². The van der Waals surface area contributed by atoms with Gasteiger partial charge in [0, 0.05) is 9.64 Å². The van der Waals surface area contributed by atoms with Crippen LogP contribution >= 0.6 is 11.8 Å². The summed E-state index contributed by atoms with van der Waals surface area (Å²) < 4.78 is 0.0239. The molecule has 3 rings (SSSR count). The molecule has 1 aliphatic carbocycles. The van der Waals surface area contributed by atoms with Crippen LogP contribution in [-0.4, -0.2) is 16.0 Å². The van der Waals surface area contributed by atoms with Crippen molar-refractivity contribution in [3.05, 3.63) is 66.2 Å². The van der Waals surface area contributed by atoms with Gasteiger partial charge in [-0.15, -0.1) is 11.8 Å². The van der Waals surface area contributed by atoms with Crippen molar-refractivity contribution in [2.75, 3.05) is 0 Å². The minimum absolute atomic E-state index is 0.0239. The summed E-state index contributed by atoms with van der Waals surface area (Å²) in [5.41, 5.74) is 1.40. The lowest BCUT2D eigenvalue weighted by atomic mass is 10.1. The van der Waals surface area contributed by atoms with Crippen molar-refractivity contribution in [3.63, 3.8) is 0 Å². The van der Waals surface area contributed by atoms with Crippen LogP contribution in [0.25, 0.3) is 0 Å². The van der Waals surface area contributed by atoms with Crippen LogP contribution in [0.2, 0.25) is 0 Å². The average Bonchev–Trinajstić information content (AvgIpc) is 3.22. The highest BCUT2D eigenvalue weighted by Crippen LogP contribution is 2.60. The highest BCUT2D eigenvalue weighted by Gasteiger charge is 2.57. The van der Waals surface area contributed by atoms with Crippen LogP contribution in [0.5, 0.6) is 0 Å². The lowest BCUT2D eigenvalue weighted by Crippen LogP contribution is -2.24. The summed E-state index contributed by atoms with van der Waals surface area (Å²) in [5.74, 6) is 0.614. The maximum absolute atomic E-state index is 10.3. The molecule has 0 heterocycles. The molecule has 21 heavy (non-hydrogen) atoms. The molecule has 0 radical (unpaired) electrons. The van der Waals surface area contributed by atoms with Crippen LogP contribution < -0.4 is 0 Å². The summed E-state index contributed by atoms with van der Waals surface area (Å²) in [5, 5.41) is 10.3. The average molecular weight is 298 g/mol. The Hall–Kier alpha value is -1.25. The number of aliphatic hydroxyl groups is 1. The van der Waals surface area contributed by atoms with E-state index in [4.69, 9.17) is 0 Å². The Morgan fingerprint density at radius 3 is 2.33 bits per heavy atom. The molecule has 1 fully saturated rings. The monoisotopic (exact) mass is 298 g/mol. The molecule has 2 heteroatoms. The van der Waals surface area contributed by atoms with E-state index in [-0.39, 0.29) is 10.9 Å². The molecule has 0 aromatic heterocycles. The number of hydrogen-bond donors (Lipinski definition) is 1. The van der Waals surface area contributed by atoms with Crippen molar-refractivity contribution in [2.24, 2.45) is 5.92 Å². The number of rotatable bonds is 6. The Labute approximate surface area is 131 Å². The molecule has 0 amide bonds. The summed E-state index contributed by atoms with van der Waals surface area (Å²) in [6, 6.07) is 21.1. The zero-order valence-electron chi connectivity index (χ0n) is 12.4. The predicted molar refractivity (Wildman–Crippen MR) is 89.6 cm³/mol. The second-order valence-corrected chi connectivity index (χ2v) is 7.41. The Morgan fingerprint density at radius 1 is 1.10 bits per heavy atom. The fraction of sp³-hybridized carbons (Fsp3) is 0.368. The van der Waals surface area contributed by atoms with Crippen LogP contribution in [0, 0.1) is 5.92 Å². The zero-order chi connectivity index (χ0) is 14.7. The first-order valence-electron chi connectivity index (χ1n) is 7.67. The summed E-state index contributed by atoms with van der Waals surface area (Å²) in [6.45, 7) is 1.94. The van der Waals surface area contributed by atoms with E-state index in [0.29, 0.717) is 5.92 Å². The van der Waals surface area contributed by atoms with Gasteiger partial charge in [0.2, 0.25) is 0 Å². The van der Waals surface area contributed by atoms with Crippen LogP contribution in [0.4, 0.5) is 0 Å². The van der Waals surface area contributed by atoms with E-state index in [9.17, 15) is 5.11 Å². The number of hydrogen-bond acceptors (Lipinski definition) is 2. The van der Waals surface area contributed by atoms with Gasteiger partial charge in [0.1, 0.15) is 0 Å². The van der Waals surface area contributed by atoms with Crippen LogP contribution in [-0.2, 0) is 6.42 Å². The molecule has 0 aliphatic heterocycles. The Kier molecular flexibility index (Phi) is 4.37. The number of benzene rings is 2. The minimum Gasteiger partial charge on any atom is -0.392 e. The first kappa shape index (κ1) is 14.7. The molecule has 0 spiro atoms. The Morgan fingerprint density at radius 2 is 1.71 bits per heavy atom. The van der Waals surface area contributed by atoms with Crippen LogP contribution in [0.1, 0.15) is 25.3 Å². The smallest absolute Gasteiger partial charge is 0.0665 e. The predicted octanol–water partition coefficient (Wildman–Crippen LogP) is 4.55. The van der Waals surface area contributed by atoms with Crippen molar-refractivity contribution in [3.8, 4) is 0 Å². The highest BCUT2D eigenvalue weighted by atomic mass is 32.2. The molecule has 1 N–H and O–H groups in total. The van der Waals surface area contributed by atoms with Gasteiger partial charge in [-0.25, -0.2) is 0 Å². The lowest BCUT2D eigenvalue weighted by molar-refractivity contribution is 0.177. The molecule has 3 atom stereocenters. The molecule has 0 saturated heterocycles. The lowest BCUT2D eigenvalue weighted by Gasteiger charge is -2.20. The van der Waals surface area contributed by atoms with E-state index in [0.717, 1.165) is 19.3 Å². The van der Waals surface area contributed by atoms with Gasteiger partial charge in [-0.3, -0.25) is 0 Å². The van der Waals surface area contributed by atoms with Gasteiger partial charge in [0.25, 0.3) is 0 Å². The zero-order valence-corrected chi connectivity index (χ0v) is 13.2. The molecule has 1 nitrogen and oxygen atoms in total. The van der Waals surface area contributed by atoms with Crippen molar-refractivity contribution in [1.82, 2.24) is 0 Å². The molecule has 3 unspecified atom stereocenters. The van der Waals surface area contributed by atoms with E-state index in [1.165, 1.54) is 10.5 Å². The van der Waals surface area contributed by atoms with Gasteiger partial charge in [-0.1, -0.05) is 48.5 Å². The fourth-order valence-electron chi connectivity index (χ4n) is 3.09. The number of thioether (sulfide) groups is 1. The molecule has 2 aromatic rings. The highest BCUT2D eigenvalue weighted by molar-refractivity contribution is 8.01. The summed E-state index contributed by atoms with van der Waals surface area (Å²) >= 11 is 1.86. The van der Waals surface area contributed by atoms with Crippen LogP contribution in [0.3, 0.4) is 0 Å². The molecule has 0 bridgehead atoms. The number of aliphatic hydroxyl groups excluding tert-OH is 1. The fourth-order valence-corrected chi connectivity index (χ4v) is 4.56. The summed E-state index contributed by atoms with van der Waals surface area (Å²) in [4.78, 5) is 1.26. The van der Waals surface area contributed by atoms with E-state index in [1.54, 1.807) is 0 Å². The Balaban J connectivity index is 1.63. The van der Waals surface area contributed by atoms with Crippen molar-refractivity contribution in [1.29, 1.82) is 0 Å². The molecule has 1 saturated carbocycles. The third-order valence-electron chi connectivity index (χ3n) is 4.48. The van der Waals surface area contributed by atoms with Gasteiger partial charge in [-0.2, -0.15) is 0 Å². The Bertz CT molecular complexity index is 567. The van der Waals surface area contributed by atoms with E-state index in [2.05, 4.69) is 54.6 Å². The molecular formula is C19H22OS. The van der Waals surface area contributed by atoms with Crippen molar-refractivity contribution >= 4 is 11.8 Å². The molecular weight excluding hydrogens is 276 g/mol. The molecule has 110 valence electrons. The normalized spacial score (nSPS) is 25.5. The quantitative estimate of drug-likeness (QED) is 0.844. The maximum Gasteiger partial charge on any atom is 0.0665 e. The molecule has 2 aromatic carbocycles. The van der Waals surface area contributed by atoms with Crippen molar-refractivity contribution < 1.29 is 5.11 Å². The third-order valence-corrected chi connectivity index (χ3v) is 6.21. The minimum atomic E-state index is -0.261. The number of aryl methyl sites for hydroxylation is 1. The van der Waals surface area contributed by atoms with E-state index < -0.39 is 0 Å². The van der Waals surface area contributed by atoms with Crippen molar-refractivity contribution in [2.45, 2.75) is 41.9 Å². The second-order valence-electron chi connectivity index (χ2n) is 5.97. The summed E-state index contributed by atoms with van der Waals surface area (Å²) in [7, 11) is 0. The third kappa shape index (κ3) is 3.33. The molecule has 1 aliphatic rings. The van der Waals surface area contributed by atoms with Gasteiger partial charge in [0.05, 0.1) is 6.10 Å². The summed E-state index contributed by atoms with van der Waals surface area (Å²) in [6.07, 6.45) is 3.13.